The first-order chi connectivity index (χ1) is 35.0. The molecule has 0 aliphatic heterocycles. The average molecular weight is 914 g/mol. The van der Waals surface area contributed by atoms with Crippen molar-refractivity contribution in [2.24, 2.45) is 0 Å². The van der Waals surface area contributed by atoms with E-state index in [1.54, 1.807) is 0 Å². The second-order valence-corrected chi connectivity index (χ2v) is 19.1. The van der Waals surface area contributed by atoms with E-state index in [1.165, 1.54) is 101 Å². The lowest BCUT2D eigenvalue weighted by molar-refractivity contribution is 0.768. The molecule has 344 valence electrons. The number of anilines is 2. The van der Waals surface area contributed by atoms with Crippen LogP contribution in [0.3, 0.4) is 0 Å². The highest BCUT2D eigenvalue weighted by atomic mass is 15.1. The Labute approximate surface area is 421 Å². The van der Waals surface area contributed by atoms with Crippen LogP contribution in [0.15, 0.2) is 272 Å². The Morgan fingerprint density at radius 3 is 1.85 bits per heavy atom. The molecule has 0 aromatic heterocycles. The monoisotopic (exact) mass is 913 g/mol. The second-order valence-electron chi connectivity index (χ2n) is 19.1. The zero-order chi connectivity index (χ0) is 48.2. The summed E-state index contributed by atoms with van der Waals surface area (Å²) >= 11 is 0. The van der Waals surface area contributed by atoms with Crippen molar-refractivity contribution in [3.05, 3.63) is 306 Å². The maximum absolute atomic E-state index is 4.08. The molecule has 0 spiro atoms. The van der Waals surface area contributed by atoms with Gasteiger partial charge in [0, 0.05) is 17.6 Å². The molecule has 1 nitrogen and oxygen atoms in total. The van der Waals surface area contributed by atoms with Gasteiger partial charge >= 0.3 is 0 Å². The standard InChI is InChI=1S/C70H59N/c1-4-19-51(52-21-9-6-10-22-52)45-46-71(62-42-39-55(40-43-62)58-34-33-50(3)66(48-58)64-31-18-23-56(64)20-5-2)63-29-17-24-57(47-63)53-35-37-54(38-36-53)59-41-44-69-67(49-59)65-30-15-16-32-68(65)70(69,60-25-11-7-12-26-60)61-27-13-8-14-28-61/h4-9,11-17,19-21,24-30,32-49H,1,10,18,22-23,31H2,2-3H3/b20-5+,46-45-,51-19+. The fourth-order valence-corrected chi connectivity index (χ4v) is 11.4. The second kappa shape index (κ2) is 20.0. The van der Waals surface area contributed by atoms with Gasteiger partial charge in [-0.3, -0.25) is 0 Å². The van der Waals surface area contributed by atoms with Gasteiger partial charge in [-0.25, -0.2) is 0 Å². The van der Waals surface area contributed by atoms with E-state index >= 15 is 0 Å². The Balaban J connectivity index is 0.930. The number of allylic oxidation sites excluding steroid dienone is 12. The van der Waals surface area contributed by atoms with E-state index < -0.39 is 5.41 Å². The Kier molecular flexibility index (Phi) is 12.7. The fraction of sp³-hybridized carbons (Fsp3) is 0.114. The van der Waals surface area contributed by atoms with Crippen molar-refractivity contribution in [1.29, 1.82) is 0 Å². The van der Waals surface area contributed by atoms with Gasteiger partial charge in [-0.15, -0.1) is 0 Å². The molecule has 8 aromatic rings. The van der Waals surface area contributed by atoms with Crippen LogP contribution in [0.25, 0.3) is 50.1 Å². The molecule has 0 unspecified atom stereocenters. The third-order valence-electron chi connectivity index (χ3n) is 14.9. The SMILES string of the molecule is C=C/C=C(\C=C/N(c1ccc(-c2ccc(C)c(C3=C(/C=C/C)CCC3)c2)cc1)c1cccc(-c2ccc(-c3ccc4c(c3)-c3ccccc3C4(c3ccccc3)c3ccccc3)cc2)c1)C1=CC=CCC1. The molecular weight excluding hydrogens is 855 g/mol. The van der Waals surface area contributed by atoms with Crippen molar-refractivity contribution in [3.8, 4) is 44.5 Å². The first-order valence-corrected chi connectivity index (χ1v) is 25.3. The van der Waals surface area contributed by atoms with E-state index in [0.717, 1.165) is 42.6 Å². The molecule has 1 heteroatoms. The third-order valence-corrected chi connectivity index (χ3v) is 14.9. The molecule has 8 aromatic carbocycles. The van der Waals surface area contributed by atoms with Crippen LogP contribution < -0.4 is 4.90 Å². The van der Waals surface area contributed by atoms with Crippen molar-refractivity contribution in [2.75, 3.05) is 4.90 Å². The predicted molar refractivity (Wildman–Crippen MR) is 303 cm³/mol. The molecule has 0 heterocycles. The molecular formula is C70H59N. The van der Waals surface area contributed by atoms with Crippen molar-refractivity contribution in [3.63, 3.8) is 0 Å². The Bertz CT molecular complexity index is 3400. The number of benzene rings is 8. The van der Waals surface area contributed by atoms with Crippen molar-refractivity contribution >= 4 is 16.9 Å². The Morgan fingerprint density at radius 1 is 0.549 bits per heavy atom. The number of hydrogen-bond acceptors (Lipinski definition) is 1. The molecule has 0 radical (unpaired) electrons. The fourth-order valence-electron chi connectivity index (χ4n) is 11.4. The highest BCUT2D eigenvalue weighted by molar-refractivity contribution is 5.89. The minimum absolute atomic E-state index is 0.407. The summed E-state index contributed by atoms with van der Waals surface area (Å²) in [6.45, 7) is 8.45. The van der Waals surface area contributed by atoms with Crippen LogP contribution in [0.5, 0.6) is 0 Å². The smallest absolute Gasteiger partial charge is 0.0713 e. The normalized spacial score (nSPS) is 15.0. The molecule has 0 saturated carbocycles. The van der Waals surface area contributed by atoms with Gasteiger partial charge < -0.3 is 4.90 Å². The van der Waals surface area contributed by atoms with E-state index in [0.29, 0.717) is 0 Å². The molecule has 0 atom stereocenters. The highest BCUT2D eigenvalue weighted by Crippen LogP contribution is 2.56. The maximum Gasteiger partial charge on any atom is 0.0713 e. The topological polar surface area (TPSA) is 3.24 Å². The van der Waals surface area contributed by atoms with Crippen LogP contribution in [0.2, 0.25) is 0 Å². The lowest BCUT2D eigenvalue weighted by Gasteiger charge is -2.33. The summed E-state index contributed by atoms with van der Waals surface area (Å²) in [5.74, 6) is 0. The minimum Gasteiger partial charge on any atom is -0.317 e. The number of rotatable bonds is 13. The quantitative estimate of drug-likeness (QED) is 0.104. The molecule has 0 N–H and O–H groups in total. The van der Waals surface area contributed by atoms with Crippen LogP contribution in [-0.2, 0) is 5.41 Å². The van der Waals surface area contributed by atoms with Crippen LogP contribution in [-0.4, -0.2) is 0 Å². The summed E-state index contributed by atoms with van der Waals surface area (Å²) in [6.07, 6.45) is 25.2. The number of nitrogens with zero attached hydrogens (tertiary/aromatic N) is 1. The van der Waals surface area contributed by atoms with Gasteiger partial charge in [0.15, 0.2) is 0 Å². The van der Waals surface area contributed by atoms with Crippen LogP contribution in [0.1, 0.15) is 72.4 Å². The molecule has 3 aliphatic rings. The molecule has 11 rings (SSSR count). The van der Waals surface area contributed by atoms with Crippen LogP contribution in [0, 0.1) is 6.92 Å². The van der Waals surface area contributed by atoms with E-state index in [2.05, 4.69) is 268 Å². The van der Waals surface area contributed by atoms with Crippen molar-refractivity contribution in [1.82, 2.24) is 0 Å². The number of aryl methyl sites for hydroxylation is 1. The van der Waals surface area contributed by atoms with E-state index in [1.807, 2.05) is 6.08 Å². The van der Waals surface area contributed by atoms with Gasteiger partial charge in [-0.2, -0.15) is 0 Å². The first kappa shape index (κ1) is 45.2. The predicted octanol–water partition coefficient (Wildman–Crippen LogP) is 18.9. The molecule has 0 bridgehead atoms. The summed E-state index contributed by atoms with van der Waals surface area (Å²) in [5.41, 5.74) is 24.9. The summed E-state index contributed by atoms with van der Waals surface area (Å²) in [6, 6.07) is 72.2. The van der Waals surface area contributed by atoms with E-state index in [9.17, 15) is 0 Å². The van der Waals surface area contributed by atoms with Gasteiger partial charge in [-0.05, 0) is 189 Å². The Hall–Kier alpha value is -8.26. The zero-order valence-electron chi connectivity index (χ0n) is 40.9. The first-order valence-electron chi connectivity index (χ1n) is 25.3. The summed E-state index contributed by atoms with van der Waals surface area (Å²) in [4.78, 5) is 2.32. The van der Waals surface area contributed by atoms with E-state index in [-0.39, 0.29) is 0 Å². The van der Waals surface area contributed by atoms with Crippen LogP contribution >= 0.6 is 0 Å². The van der Waals surface area contributed by atoms with Gasteiger partial charge in [0.2, 0.25) is 0 Å². The minimum atomic E-state index is -0.407. The molecule has 3 aliphatic carbocycles. The molecule has 71 heavy (non-hydrogen) atoms. The summed E-state index contributed by atoms with van der Waals surface area (Å²) in [5, 5.41) is 0. The lowest BCUT2D eigenvalue weighted by Crippen LogP contribution is -2.28. The largest absolute Gasteiger partial charge is 0.317 e. The van der Waals surface area contributed by atoms with Gasteiger partial charge in [0.05, 0.1) is 5.41 Å². The van der Waals surface area contributed by atoms with Gasteiger partial charge in [0.25, 0.3) is 0 Å². The van der Waals surface area contributed by atoms with Gasteiger partial charge in [0.1, 0.15) is 0 Å². The Morgan fingerprint density at radius 2 is 1.17 bits per heavy atom. The lowest BCUT2D eigenvalue weighted by atomic mass is 9.67. The van der Waals surface area contributed by atoms with Crippen molar-refractivity contribution < 1.29 is 0 Å². The van der Waals surface area contributed by atoms with E-state index in [4.69, 9.17) is 0 Å². The molecule has 0 saturated heterocycles. The average Bonchev–Trinajstić information content (AvgIpc) is 4.02. The summed E-state index contributed by atoms with van der Waals surface area (Å²) in [7, 11) is 0. The highest BCUT2D eigenvalue weighted by Gasteiger charge is 2.46. The molecule has 0 amide bonds. The number of fused-ring (bicyclic) bond motifs is 3. The van der Waals surface area contributed by atoms with Crippen LogP contribution in [0.4, 0.5) is 11.4 Å². The third kappa shape index (κ3) is 8.64. The summed E-state index contributed by atoms with van der Waals surface area (Å²) < 4.78 is 0. The maximum atomic E-state index is 4.08. The zero-order valence-corrected chi connectivity index (χ0v) is 40.9. The molecule has 0 fully saturated rings. The van der Waals surface area contributed by atoms with Gasteiger partial charge in [-0.1, -0.05) is 207 Å². The number of hydrogen-bond donors (Lipinski definition) is 0. The van der Waals surface area contributed by atoms with Crippen molar-refractivity contribution in [2.45, 2.75) is 51.4 Å².